The lowest BCUT2D eigenvalue weighted by Crippen LogP contribution is -1.91. The first-order valence-corrected chi connectivity index (χ1v) is 5.87. The van der Waals surface area contributed by atoms with E-state index in [-0.39, 0.29) is 0 Å². The highest BCUT2D eigenvalue weighted by atomic mass is 35.5. The molecule has 2 N–H and O–H groups in total. The zero-order valence-electron chi connectivity index (χ0n) is 9.47. The molecule has 0 fully saturated rings. The van der Waals surface area contributed by atoms with Crippen molar-refractivity contribution < 1.29 is 0 Å². The van der Waals surface area contributed by atoms with Crippen molar-refractivity contribution in [3.63, 3.8) is 0 Å². The van der Waals surface area contributed by atoms with Crippen LogP contribution in [0.1, 0.15) is 0 Å². The van der Waals surface area contributed by atoms with Crippen LogP contribution in [0.3, 0.4) is 0 Å². The first kappa shape index (κ1) is 11.0. The number of nitrogens with zero attached hydrogens (tertiary/aromatic N) is 2. The number of benzene rings is 1. The monoisotopic (exact) mass is 255 g/mol. The molecule has 1 aromatic carbocycles. The summed E-state index contributed by atoms with van der Waals surface area (Å²) in [6, 6.07) is 9.45. The second kappa shape index (κ2) is 4.27. The molecule has 3 rings (SSSR count). The van der Waals surface area contributed by atoms with Gasteiger partial charge in [-0.25, -0.2) is 0 Å². The molecule has 0 saturated carbocycles. The third-order valence-electron chi connectivity index (χ3n) is 2.85. The number of aromatic nitrogens is 2. The molecule has 0 saturated heterocycles. The molecular weight excluding hydrogens is 246 g/mol. The molecule has 2 aromatic heterocycles. The summed E-state index contributed by atoms with van der Waals surface area (Å²) in [4.78, 5) is 8.36. The normalized spacial score (nSPS) is 10.7. The van der Waals surface area contributed by atoms with E-state index in [9.17, 15) is 0 Å². The second-order valence-corrected chi connectivity index (χ2v) is 4.39. The number of nitrogens with two attached hydrogens (primary N) is 1. The summed E-state index contributed by atoms with van der Waals surface area (Å²) in [5.74, 6) is 0. The number of hydrogen-bond acceptors (Lipinski definition) is 3. The van der Waals surface area contributed by atoms with Crippen molar-refractivity contribution >= 4 is 28.2 Å². The maximum Gasteiger partial charge on any atom is 0.0717 e. The van der Waals surface area contributed by atoms with E-state index in [0.29, 0.717) is 10.7 Å². The zero-order valence-corrected chi connectivity index (χ0v) is 10.2. The number of nitrogen functional groups attached to an aromatic ring is 1. The molecule has 3 nitrogen and oxygen atoms in total. The minimum absolute atomic E-state index is 0.685. The SMILES string of the molecule is Nc1ccncc1-c1ccc2nccc(Cl)c2c1. The van der Waals surface area contributed by atoms with Crippen LogP contribution >= 0.6 is 11.6 Å². The Bertz CT molecular complexity index is 725. The molecule has 0 spiro atoms. The summed E-state index contributed by atoms with van der Waals surface area (Å²) in [7, 11) is 0. The lowest BCUT2D eigenvalue weighted by Gasteiger charge is -2.06. The topological polar surface area (TPSA) is 51.8 Å². The Labute approximate surface area is 109 Å². The van der Waals surface area contributed by atoms with E-state index in [1.165, 1.54) is 0 Å². The molecule has 0 radical (unpaired) electrons. The van der Waals surface area contributed by atoms with Gasteiger partial charge in [0.15, 0.2) is 0 Å². The Balaban J connectivity index is 2.26. The van der Waals surface area contributed by atoms with Crippen LogP contribution in [0.2, 0.25) is 5.02 Å². The van der Waals surface area contributed by atoms with Crippen molar-refractivity contribution in [2.24, 2.45) is 0 Å². The van der Waals surface area contributed by atoms with Crippen molar-refractivity contribution in [1.29, 1.82) is 0 Å². The molecule has 88 valence electrons. The third-order valence-corrected chi connectivity index (χ3v) is 3.18. The number of halogens is 1. The minimum atomic E-state index is 0.685. The predicted octanol–water partition coefficient (Wildman–Crippen LogP) is 3.53. The van der Waals surface area contributed by atoms with Crippen LogP contribution in [0.25, 0.3) is 22.0 Å². The van der Waals surface area contributed by atoms with E-state index in [1.807, 2.05) is 18.2 Å². The molecule has 0 aliphatic carbocycles. The second-order valence-electron chi connectivity index (χ2n) is 3.99. The van der Waals surface area contributed by atoms with Gasteiger partial charge in [-0.05, 0) is 29.8 Å². The van der Waals surface area contributed by atoms with Crippen molar-refractivity contribution in [2.45, 2.75) is 0 Å². The Kier molecular flexibility index (Phi) is 2.61. The van der Waals surface area contributed by atoms with Crippen LogP contribution in [0.5, 0.6) is 0 Å². The highest BCUT2D eigenvalue weighted by Gasteiger charge is 2.05. The summed E-state index contributed by atoms with van der Waals surface area (Å²) in [6.45, 7) is 0. The van der Waals surface area contributed by atoms with Gasteiger partial charge in [0.05, 0.1) is 10.5 Å². The Morgan fingerprint density at radius 2 is 1.94 bits per heavy atom. The van der Waals surface area contributed by atoms with Crippen LogP contribution < -0.4 is 5.73 Å². The van der Waals surface area contributed by atoms with Crippen molar-refractivity contribution in [3.8, 4) is 11.1 Å². The third kappa shape index (κ3) is 1.79. The maximum atomic E-state index is 6.17. The standard InChI is InChI=1S/C14H10ClN3/c15-12-3-6-18-14-2-1-9(7-10(12)14)11-8-17-5-4-13(11)16/h1-8H,(H2,16,17). The summed E-state index contributed by atoms with van der Waals surface area (Å²) < 4.78 is 0. The highest BCUT2D eigenvalue weighted by molar-refractivity contribution is 6.35. The van der Waals surface area contributed by atoms with E-state index >= 15 is 0 Å². The molecular formula is C14H10ClN3. The van der Waals surface area contributed by atoms with Gasteiger partial charge >= 0.3 is 0 Å². The Morgan fingerprint density at radius 1 is 1.06 bits per heavy atom. The predicted molar refractivity (Wildman–Crippen MR) is 74.4 cm³/mol. The van der Waals surface area contributed by atoms with Crippen molar-refractivity contribution in [3.05, 3.63) is 53.9 Å². The smallest absolute Gasteiger partial charge is 0.0717 e. The average Bonchev–Trinajstić information content (AvgIpc) is 2.40. The number of pyridine rings is 2. The fourth-order valence-electron chi connectivity index (χ4n) is 1.93. The van der Waals surface area contributed by atoms with Crippen LogP contribution in [0, 0.1) is 0 Å². The van der Waals surface area contributed by atoms with Crippen LogP contribution in [0.15, 0.2) is 48.9 Å². The Morgan fingerprint density at radius 3 is 2.78 bits per heavy atom. The number of anilines is 1. The Hall–Kier alpha value is -2.13. The van der Waals surface area contributed by atoms with Crippen LogP contribution in [0.4, 0.5) is 5.69 Å². The number of rotatable bonds is 1. The van der Waals surface area contributed by atoms with Gasteiger partial charge < -0.3 is 5.73 Å². The summed E-state index contributed by atoms with van der Waals surface area (Å²) >= 11 is 6.17. The summed E-state index contributed by atoms with van der Waals surface area (Å²) in [5, 5.41) is 1.60. The van der Waals surface area contributed by atoms with Gasteiger partial charge in [0.1, 0.15) is 0 Å². The lowest BCUT2D eigenvalue weighted by molar-refractivity contribution is 1.33. The number of hydrogen-bond donors (Lipinski definition) is 1. The largest absolute Gasteiger partial charge is 0.398 e. The molecule has 3 aromatic rings. The van der Waals surface area contributed by atoms with Crippen LogP contribution in [-0.4, -0.2) is 9.97 Å². The zero-order chi connectivity index (χ0) is 12.5. The van der Waals surface area contributed by atoms with Crippen LogP contribution in [-0.2, 0) is 0 Å². The summed E-state index contributed by atoms with van der Waals surface area (Å²) in [6.07, 6.45) is 5.12. The van der Waals surface area contributed by atoms with Gasteiger partial charge in [-0.1, -0.05) is 17.7 Å². The molecule has 0 aliphatic rings. The van der Waals surface area contributed by atoms with Gasteiger partial charge in [0.2, 0.25) is 0 Å². The van der Waals surface area contributed by atoms with E-state index in [1.54, 1.807) is 30.7 Å². The quantitative estimate of drug-likeness (QED) is 0.724. The van der Waals surface area contributed by atoms with Gasteiger partial charge in [-0.15, -0.1) is 0 Å². The van der Waals surface area contributed by atoms with E-state index < -0.39 is 0 Å². The summed E-state index contributed by atoms with van der Waals surface area (Å²) in [5.41, 5.74) is 9.40. The molecule has 2 heterocycles. The molecule has 0 bridgehead atoms. The molecule has 4 heteroatoms. The maximum absolute atomic E-state index is 6.17. The van der Waals surface area contributed by atoms with Gasteiger partial charge in [0.25, 0.3) is 0 Å². The molecule has 0 amide bonds. The first-order valence-electron chi connectivity index (χ1n) is 5.50. The molecule has 0 unspecified atom stereocenters. The van der Waals surface area contributed by atoms with Gasteiger partial charge in [0, 0.05) is 35.2 Å². The first-order chi connectivity index (χ1) is 8.75. The number of fused-ring (bicyclic) bond motifs is 1. The van der Waals surface area contributed by atoms with Gasteiger partial charge in [-0.2, -0.15) is 0 Å². The lowest BCUT2D eigenvalue weighted by atomic mass is 10.0. The van der Waals surface area contributed by atoms with Crippen molar-refractivity contribution in [1.82, 2.24) is 9.97 Å². The van der Waals surface area contributed by atoms with E-state index in [4.69, 9.17) is 17.3 Å². The fourth-order valence-corrected chi connectivity index (χ4v) is 2.13. The average molecular weight is 256 g/mol. The van der Waals surface area contributed by atoms with Gasteiger partial charge in [-0.3, -0.25) is 9.97 Å². The highest BCUT2D eigenvalue weighted by Crippen LogP contribution is 2.30. The molecule has 18 heavy (non-hydrogen) atoms. The van der Waals surface area contributed by atoms with E-state index in [0.717, 1.165) is 22.0 Å². The minimum Gasteiger partial charge on any atom is -0.398 e. The van der Waals surface area contributed by atoms with Crippen molar-refractivity contribution in [2.75, 3.05) is 5.73 Å². The van der Waals surface area contributed by atoms with E-state index in [2.05, 4.69) is 9.97 Å². The molecule has 0 atom stereocenters. The molecule has 0 aliphatic heterocycles. The fraction of sp³-hybridized carbons (Fsp3) is 0.